The Morgan fingerprint density at radius 1 is 0.667 bits per heavy atom. The molecule has 0 fully saturated rings. The van der Waals surface area contributed by atoms with Gasteiger partial charge in [0, 0.05) is 25.2 Å². The number of aryl methyl sites for hydroxylation is 2. The summed E-state index contributed by atoms with van der Waals surface area (Å²) in [7, 11) is -1.85. The van der Waals surface area contributed by atoms with Crippen molar-refractivity contribution in [2.75, 3.05) is 36.3 Å². The predicted molar refractivity (Wildman–Crippen MR) is 186 cm³/mol. The second kappa shape index (κ2) is 18.5. The van der Waals surface area contributed by atoms with Gasteiger partial charge in [-0.05, 0) is 73.3 Å². The maximum atomic E-state index is 13.1. The monoisotopic (exact) mass is 756 g/mol. The summed E-state index contributed by atoms with van der Waals surface area (Å²) < 4.78 is 54.7. The number of para-hydroxylation sites is 2. The zero-order chi connectivity index (χ0) is 37.2. The molecule has 2 heterocycles. The van der Waals surface area contributed by atoms with Crippen molar-refractivity contribution in [3.8, 4) is 0 Å². The Balaban J connectivity index is 0.000000302. The van der Waals surface area contributed by atoms with E-state index in [0.29, 0.717) is 9.79 Å². The van der Waals surface area contributed by atoms with Crippen LogP contribution in [0, 0.1) is 13.8 Å². The molecule has 12 nitrogen and oxygen atoms in total. The molecule has 2 aliphatic heterocycles. The van der Waals surface area contributed by atoms with Crippen molar-refractivity contribution in [3.05, 3.63) is 118 Å². The third kappa shape index (κ3) is 8.99. The Morgan fingerprint density at radius 3 is 1.55 bits per heavy atom. The van der Waals surface area contributed by atoms with Gasteiger partial charge in [-0.2, -0.15) is 19.2 Å². The van der Waals surface area contributed by atoms with Crippen LogP contribution in [-0.2, 0) is 39.2 Å². The number of nitrogens with zero attached hydrogens (tertiary/aromatic N) is 2. The Kier molecular flexibility index (Phi) is 15.5. The van der Waals surface area contributed by atoms with Gasteiger partial charge in [-0.25, -0.2) is 16.8 Å². The van der Waals surface area contributed by atoms with Gasteiger partial charge in [-0.15, -0.1) is 0 Å². The van der Waals surface area contributed by atoms with Crippen LogP contribution in [0.5, 0.6) is 0 Å². The number of rotatable bonds is 4. The van der Waals surface area contributed by atoms with Gasteiger partial charge < -0.3 is 23.0 Å². The second-order valence-corrected chi connectivity index (χ2v) is 15.4. The number of nitrogens with two attached hydrogens (primary N) is 1. The molecule has 3 N–H and O–H groups in total. The third-order valence-corrected chi connectivity index (χ3v) is 12.0. The molecule has 2 unspecified atom stereocenters. The lowest BCUT2D eigenvalue weighted by Gasteiger charge is -2.21. The highest BCUT2D eigenvalue weighted by atomic mass is 35.5. The molecule has 0 radical (unpaired) electrons. The van der Waals surface area contributed by atoms with Crippen LogP contribution in [0.2, 0.25) is 0 Å². The van der Waals surface area contributed by atoms with E-state index in [0.717, 1.165) is 57.7 Å². The average Bonchev–Trinajstić information content (AvgIpc) is 3.21. The lowest BCUT2D eigenvalue weighted by molar-refractivity contribution is -0.661. The number of benzene rings is 4. The molecule has 0 saturated carbocycles. The number of hydrogen-bond donors (Lipinski definition) is 2. The largest absolute Gasteiger partial charge is 1.00 e. The van der Waals surface area contributed by atoms with E-state index in [-0.39, 0.29) is 36.8 Å². The zero-order valence-electron chi connectivity index (χ0n) is 29.1. The van der Waals surface area contributed by atoms with Gasteiger partial charge in [0.2, 0.25) is 0 Å². The maximum absolute atomic E-state index is 13.1. The molecular formula is C36H41ClN4O8S2. The fourth-order valence-corrected chi connectivity index (χ4v) is 9.12. The molecule has 2 atom stereocenters. The third-order valence-electron chi connectivity index (χ3n) is 8.39. The van der Waals surface area contributed by atoms with E-state index in [9.17, 15) is 16.8 Å². The van der Waals surface area contributed by atoms with E-state index in [1.54, 1.807) is 26.2 Å². The first-order valence-corrected chi connectivity index (χ1v) is 18.5. The van der Waals surface area contributed by atoms with Gasteiger partial charge >= 0.3 is 12.3 Å². The number of fused-ring (bicyclic) bond motifs is 4. The minimum absolute atomic E-state index is 0. The first-order valence-electron chi connectivity index (χ1n) is 15.6. The molecule has 4 aromatic carbocycles. The van der Waals surface area contributed by atoms with Crippen LogP contribution in [0.15, 0.2) is 94.7 Å². The van der Waals surface area contributed by atoms with Crippen molar-refractivity contribution in [3.63, 3.8) is 0 Å². The van der Waals surface area contributed by atoms with Crippen LogP contribution in [-0.4, -0.2) is 56.8 Å². The minimum Gasteiger partial charge on any atom is -1.00 e. The van der Waals surface area contributed by atoms with Crippen molar-refractivity contribution < 1.29 is 53.7 Å². The maximum Gasteiger partial charge on any atom is 0.373 e. The summed E-state index contributed by atoms with van der Waals surface area (Å²) in [6.45, 7) is 6.77. The Labute approximate surface area is 305 Å². The number of carbonyl (C=O) groups excluding carboxylic acids is 4. The molecule has 272 valence electrons. The second-order valence-electron chi connectivity index (χ2n) is 11.5. The van der Waals surface area contributed by atoms with Crippen LogP contribution in [0.4, 0.5) is 11.4 Å². The predicted octanol–water partition coefficient (Wildman–Crippen LogP) is 0.476. The summed E-state index contributed by atoms with van der Waals surface area (Å²) in [5.74, 6) is 0. The van der Waals surface area contributed by atoms with E-state index in [2.05, 4.69) is 17.6 Å². The number of halogens is 1. The molecule has 0 amide bonds. The molecular weight excluding hydrogens is 716 g/mol. The molecule has 0 saturated heterocycles. The first kappa shape index (κ1) is 42.5. The van der Waals surface area contributed by atoms with Gasteiger partial charge in [0.1, 0.15) is 6.04 Å². The highest BCUT2D eigenvalue weighted by Crippen LogP contribution is 2.41. The fourth-order valence-electron chi connectivity index (χ4n) is 6.04. The van der Waals surface area contributed by atoms with Crippen LogP contribution in [0.25, 0.3) is 0 Å². The summed E-state index contributed by atoms with van der Waals surface area (Å²) in [6, 6.07) is 26.6. The van der Waals surface area contributed by atoms with Gasteiger partial charge in [0.05, 0.1) is 34.3 Å². The van der Waals surface area contributed by atoms with E-state index in [1.165, 1.54) is 8.61 Å². The van der Waals surface area contributed by atoms with Crippen LogP contribution < -0.4 is 31.7 Å². The molecule has 0 aliphatic carbocycles. The van der Waals surface area contributed by atoms with Crippen molar-refractivity contribution in [2.45, 2.75) is 49.1 Å². The van der Waals surface area contributed by atoms with Crippen LogP contribution in [0.1, 0.15) is 58.8 Å². The topological polar surface area (TPSA) is 172 Å². The number of sulfonamides is 2. The van der Waals surface area contributed by atoms with Crippen molar-refractivity contribution in [1.29, 1.82) is 0 Å². The summed E-state index contributed by atoms with van der Waals surface area (Å²) in [4.78, 5) is 33.3. The number of quaternary nitrogens is 1. The summed E-state index contributed by atoms with van der Waals surface area (Å²) >= 11 is 0. The smallest absolute Gasteiger partial charge is 0.373 e. The summed E-state index contributed by atoms with van der Waals surface area (Å²) in [6.07, 6.45) is 1.49. The Bertz CT molecular complexity index is 2100. The van der Waals surface area contributed by atoms with Gasteiger partial charge in [0.15, 0.2) is 0 Å². The highest BCUT2D eigenvalue weighted by Gasteiger charge is 2.36. The standard InChI is InChI=1S/C18H22N2O2S.C16H18N2O2S.2CO2.ClH/c1-4-11-19-18-14-7-5-6-8-16(14)20(3)23(21,22)17-12-13(2)9-10-15(17)18;1-11-8-9-13-15(10-11)21(19,20)18(3)14-7-5-4-6-12(14)16(13)17-2;2*2-1-3;/h5-10,12,18-19H,4,11H2,1-3H3;4-10,16-17H,1-3H3;;;1H. The van der Waals surface area contributed by atoms with Crippen LogP contribution >= 0.6 is 0 Å². The molecule has 0 bridgehead atoms. The van der Waals surface area contributed by atoms with E-state index in [4.69, 9.17) is 19.2 Å². The molecule has 0 spiro atoms. The first-order chi connectivity index (χ1) is 23.8. The van der Waals surface area contributed by atoms with Gasteiger partial charge in [0.25, 0.3) is 20.0 Å². The normalized spacial score (nSPS) is 16.9. The quantitative estimate of drug-likeness (QED) is 0.301. The number of anilines is 2. The van der Waals surface area contributed by atoms with Crippen molar-refractivity contribution in [1.82, 2.24) is 5.32 Å². The Morgan fingerprint density at radius 2 is 1.08 bits per heavy atom. The molecule has 2 aliphatic rings. The van der Waals surface area contributed by atoms with Crippen LogP contribution in [0.3, 0.4) is 0 Å². The average molecular weight is 757 g/mol. The van der Waals surface area contributed by atoms with Gasteiger partial charge in [-0.1, -0.05) is 67.6 Å². The SMILES string of the molecule is CCCNC1c2ccccc2N(C)S(=O)(=O)c2cc(C)ccc21.C[NH2+]C1c2ccccc2N(C)S(=O)(=O)c2cc(C)ccc21.O=C=O.O=C=O.[Cl-]. The summed E-state index contributed by atoms with van der Waals surface area (Å²) in [5, 5.41) is 5.57. The number of nitrogens with one attached hydrogen (secondary N) is 1. The highest BCUT2D eigenvalue weighted by molar-refractivity contribution is 7.93. The lowest BCUT2D eigenvalue weighted by atomic mass is 9.96. The Hall–Kier alpha value is -4.65. The van der Waals surface area contributed by atoms with Crippen molar-refractivity contribution >= 4 is 43.7 Å². The zero-order valence-corrected chi connectivity index (χ0v) is 31.5. The lowest BCUT2D eigenvalue weighted by Crippen LogP contribution is -3.00. The molecule has 6 rings (SSSR count). The molecule has 51 heavy (non-hydrogen) atoms. The molecule has 4 aromatic rings. The summed E-state index contributed by atoms with van der Waals surface area (Å²) in [5.41, 5.74) is 7.06. The molecule has 0 aromatic heterocycles. The minimum atomic E-state index is -3.56. The van der Waals surface area contributed by atoms with Gasteiger partial charge in [-0.3, -0.25) is 8.61 Å². The van der Waals surface area contributed by atoms with E-state index >= 15 is 0 Å². The van der Waals surface area contributed by atoms with Crippen molar-refractivity contribution in [2.24, 2.45) is 0 Å². The van der Waals surface area contributed by atoms with E-state index in [1.807, 2.05) is 93.7 Å². The fraction of sp³-hybridized carbons (Fsp3) is 0.278. The van der Waals surface area contributed by atoms with E-state index < -0.39 is 20.0 Å². The molecule has 15 heteroatoms. The number of hydrogen-bond acceptors (Lipinski definition) is 9.